The zero-order valence-corrected chi connectivity index (χ0v) is 24.3. The second-order valence-corrected chi connectivity index (χ2v) is 11.2. The van der Waals surface area contributed by atoms with Gasteiger partial charge in [-0.3, -0.25) is 4.98 Å². The minimum atomic E-state index is -0.0786. The van der Waals surface area contributed by atoms with Gasteiger partial charge in [-0.15, -0.1) is 0 Å². The number of halogens is 2. The smallest absolute Gasteiger partial charge is 0.194 e. The van der Waals surface area contributed by atoms with Crippen molar-refractivity contribution in [3.8, 4) is 11.1 Å². The third-order valence-corrected chi connectivity index (χ3v) is 7.91. The van der Waals surface area contributed by atoms with Crippen LogP contribution in [-0.4, -0.2) is 20.8 Å². The van der Waals surface area contributed by atoms with Gasteiger partial charge in [0, 0.05) is 43.8 Å². The van der Waals surface area contributed by atoms with Crippen LogP contribution in [0, 0.1) is 6.92 Å². The summed E-state index contributed by atoms with van der Waals surface area (Å²) in [7, 11) is 0. The maximum atomic E-state index is 6.27. The Labute approximate surface area is 246 Å². The lowest BCUT2D eigenvalue weighted by molar-refractivity contribution is 0.375. The molecule has 6 rings (SSSR count). The van der Waals surface area contributed by atoms with Crippen molar-refractivity contribution in [2.45, 2.75) is 19.4 Å². The van der Waals surface area contributed by atoms with Crippen LogP contribution in [0.5, 0.6) is 0 Å². The Bertz CT molecular complexity index is 1720. The average molecular weight is 612 g/mol. The van der Waals surface area contributed by atoms with Crippen molar-refractivity contribution in [3.63, 3.8) is 0 Å². The molecule has 0 saturated carbocycles. The first-order valence-corrected chi connectivity index (χ1v) is 14.2. The zero-order valence-electron chi connectivity index (χ0n) is 21.1. The molecule has 0 saturated heterocycles. The lowest BCUT2D eigenvalue weighted by Crippen LogP contribution is -2.31. The van der Waals surface area contributed by atoms with Crippen LogP contribution >= 0.6 is 39.7 Å². The van der Waals surface area contributed by atoms with Gasteiger partial charge in [0.1, 0.15) is 0 Å². The molecule has 1 aromatic heterocycles. The Morgan fingerprint density at radius 3 is 2.44 bits per heavy atom. The Morgan fingerprint density at radius 1 is 0.923 bits per heavy atom. The highest BCUT2D eigenvalue weighted by molar-refractivity contribution is 9.10. The highest BCUT2D eigenvalue weighted by Gasteiger charge is 2.34. The monoisotopic (exact) mass is 610 g/mol. The summed E-state index contributed by atoms with van der Waals surface area (Å²) in [6, 6.07) is 34.4. The fraction of sp³-hybridized carbons (Fsp3) is 0.0938. The fourth-order valence-corrected chi connectivity index (χ4v) is 5.96. The summed E-state index contributed by atoms with van der Waals surface area (Å²) >= 11 is 15.8. The van der Waals surface area contributed by atoms with Gasteiger partial charge in [0.05, 0.1) is 17.3 Å². The number of anilines is 1. The average Bonchev–Trinajstić information content (AvgIpc) is 3.39. The second kappa shape index (κ2) is 10.9. The third-order valence-electron chi connectivity index (χ3n) is 6.87. The molecule has 4 nitrogen and oxygen atoms in total. The number of nitrogens with one attached hydrogen (secondary N) is 1. The molecule has 2 heterocycles. The molecule has 5 aromatic rings. The SMILES string of the molecule is Cc1nc2ccccc2c(-c2ccc(Cl)cc2)c1C1=NN(C(=S)Nc2ccccc2)C(c2cccc(Br)c2)C1. The van der Waals surface area contributed by atoms with Crippen molar-refractivity contribution >= 4 is 67.2 Å². The molecule has 0 bridgehead atoms. The predicted octanol–water partition coefficient (Wildman–Crippen LogP) is 9.17. The van der Waals surface area contributed by atoms with Crippen molar-refractivity contribution in [1.82, 2.24) is 9.99 Å². The summed E-state index contributed by atoms with van der Waals surface area (Å²) in [4.78, 5) is 4.99. The second-order valence-electron chi connectivity index (χ2n) is 9.43. The van der Waals surface area contributed by atoms with E-state index in [1.165, 1.54) is 0 Å². The largest absolute Gasteiger partial charge is 0.331 e. The van der Waals surface area contributed by atoms with Gasteiger partial charge in [-0.1, -0.05) is 88.2 Å². The number of hydrazone groups is 1. The number of benzene rings is 4. The molecule has 1 aliphatic heterocycles. The minimum absolute atomic E-state index is 0.0786. The van der Waals surface area contributed by atoms with E-state index in [0.717, 1.165) is 54.7 Å². The van der Waals surface area contributed by atoms with Crippen molar-refractivity contribution in [3.05, 3.63) is 129 Å². The molecule has 1 N–H and O–H groups in total. The first-order chi connectivity index (χ1) is 19.0. The molecule has 0 spiro atoms. The van der Waals surface area contributed by atoms with Crippen LogP contribution in [0.4, 0.5) is 5.69 Å². The van der Waals surface area contributed by atoms with Crippen LogP contribution in [0.2, 0.25) is 5.02 Å². The summed E-state index contributed by atoms with van der Waals surface area (Å²) in [5, 5.41) is 12.8. The lowest BCUT2D eigenvalue weighted by atomic mass is 9.89. The van der Waals surface area contributed by atoms with E-state index in [0.29, 0.717) is 16.6 Å². The molecular formula is C32H24BrClN4S. The summed E-state index contributed by atoms with van der Waals surface area (Å²) in [5.74, 6) is 0. The van der Waals surface area contributed by atoms with Crippen LogP contribution in [0.3, 0.4) is 0 Å². The van der Waals surface area contributed by atoms with Crippen molar-refractivity contribution in [2.24, 2.45) is 5.10 Å². The summed E-state index contributed by atoms with van der Waals surface area (Å²) in [5.41, 5.74) is 8.06. The van der Waals surface area contributed by atoms with Crippen LogP contribution in [-0.2, 0) is 0 Å². The predicted molar refractivity (Wildman–Crippen MR) is 169 cm³/mol. The number of nitrogens with zero attached hydrogens (tertiary/aromatic N) is 3. The topological polar surface area (TPSA) is 40.5 Å². The Morgan fingerprint density at radius 2 is 1.67 bits per heavy atom. The highest BCUT2D eigenvalue weighted by atomic mass is 79.9. The molecular weight excluding hydrogens is 588 g/mol. The van der Waals surface area contributed by atoms with Crippen LogP contribution in [0.25, 0.3) is 22.0 Å². The van der Waals surface area contributed by atoms with Gasteiger partial charge in [0.2, 0.25) is 0 Å². The Hall–Kier alpha value is -3.58. The number of rotatable bonds is 4. The lowest BCUT2D eigenvalue weighted by Gasteiger charge is -2.25. The molecule has 39 heavy (non-hydrogen) atoms. The van der Waals surface area contributed by atoms with Crippen molar-refractivity contribution in [2.75, 3.05) is 5.32 Å². The van der Waals surface area contributed by atoms with E-state index in [9.17, 15) is 0 Å². The van der Waals surface area contributed by atoms with Crippen LogP contribution < -0.4 is 5.32 Å². The Balaban J connectivity index is 1.51. The number of aromatic nitrogens is 1. The minimum Gasteiger partial charge on any atom is -0.331 e. The van der Waals surface area contributed by atoms with E-state index in [4.69, 9.17) is 33.9 Å². The summed E-state index contributed by atoms with van der Waals surface area (Å²) in [6.07, 6.45) is 0.675. The van der Waals surface area contributed by atoms with Gasteiger partial charge in [-0.2, -0.15) is 5.10 Å². The number of hydrogen-bond acceptors (Lipinski definition) is 3. The van der Waals surface area contributed by atoms with Gasteiger partial charge in [0.15, 0.2) is 5.11 Å². The molecule has 0 fully saturated rings. The molecule has 0 aliphatic carbocycles. The maximum absolute atomic E-state index is 6.27. The third kappa shape index (κ3) is 5.20. The molecule has 1 atom stereocenters. The van der Waals surface area contributed by atoms with Gasteiger partial charge >= 0.3 is 0 Å². The first-order valence-electron chi connectivity index (χ1n) is 12.6. The quantitative estimate of drug-likeness (QED) is 0.206. The number of fused-ring (bicyclic) bond motifs is 1. The molecule has 0 amide bonds. The van der Waals surface area contributed by atoms with E-state index >= 15 is 0 Å². The first kappa shape index (κ1) is 25.7. The normalized spacial score (nSPS) is 14.9. The fourth-order valence-electron chi connectivity index (χ4n) is 5.13. The molecule has 1 aliphatic rings. The number of thiocarbonyl (C=S) groups is 1. The number of pyridine rings is 1. The van der Waals surface area contributed by atoms with Gasteiger partial charge in [-0.25, -0.2) is 5.01 Å². The summed E-state index contributed by atoms with van der Waals surface area (Å²) < 4.78 is 1.01. The molecule has 1 unspecified atom stereocenters. The van der Waals surface area contributed by atoms with E-state index in [1.54, 1.807) is 0 Å². The molecule has 192 valence electrons. The molecule has 0 radical (unpaired) electrons. The highest BCUT2D eigenvalue weighted by Crippen LogP contribution is 2.40. The Kier molecular flexibility index (Phi) is 7.17. The number of para-hydroxylation sites is 2. The summed E-state index contributed by atoms with van der Waals surface area (Å²) in [6.45, 7) is 2.06. The zero-order chi connectivity index (χ0) is 26.9. The number of aryl methyl sites for hydroxylation is 1. The van der Waals surface area contributed by atoms with Gasteiger partial charge < -0.3 is 5.32 Å². The maximum Gasteiger partial charge on any atom is 0.194 e. The van der Waals surface area contributed by atoms with Crippen LogP contribution in [0.1, 0.15) is 29.3 Å². The van der Waals surface area contributed by atoms with E-state index in [1.807, 2.05) is 65.7 Å². The van der Waals surface area contributed by atoms with Crippen molar-refractivity contribution < 1.29 is 0 Å². The van der Waals surface area contributed by atoms with Gasteiger partial charge in [0.25, 0.3) is 0 Å². The van der Waals surface area contributed by atoms with Crippen LogP contribution in [0.15, 0.2) is 113 Å². The van der Waals surface area contributed by atoms with E-state index in [2.05, 4.69) is 70.6 Å². The molecule has 4 aromatic carbocycles. The number of hydrogen-bond donors (Lipinski definition) is 1. The van der Waals surface area contributed by atoms with Crippen molar-refractivity contribution in [1.29, 1.82) is 0 Å². The van der Waals surface area contributed by atoms with E-state index < -0.39 is 0 Å². The standard InChI is InChI=1S/C32H24BrClN4S/c1-20-30(31(21-14-16-24(34)17-15-21)26-12-5-6-13-27(26)35-20)28-19-29(22-8-7-9-23(33)18-22)38(37-28)32(39)36-25-10-3-2-4-11-25/h2-18,29H,19H2,1H3,(H,36,39). The molecule has 7 heteroatoms. The van der Waals surface area contributed by atoms with E-state index in [-0.39, 0.29) is 6.04 Å². The van der Waals surface area contributed by atoms with Gasteiger partial charge in [-0.05, 0) is 72.7 Å².